The van der Waals surface area contributed by atoms with Gasteiger partial charge in [0.15, 0.2) is 0 Å². The van der Waals surface area contributed by atoms with Crippen molar-refractivity contribution in [2.24, 2.45) is 0 Å². The molecule has 2 aromatic heterocycles. The molecule has 3 aromatic rings. The van der Waals surface area contributed by atoms with Gasteiger partial charge in [-0.25, -0.2) is 4.68 Å². The van der Waals surface area contributed by atoms with Gasteiger partial charge in [0.25, 0.3) is 0 Å². The van der Waals surface area contributed by atoms with Gasteiger partial charge >= 0.3 is 0 Å². The zero-order chi connectivity index (χ0) is 20.6. The monoisotopic (exact) mass is 386 g/mol. The van der Waals surface area contributed by atoms with E-state index in [0.29, 0.717) is 11.5 Å². The highest BCUT2D eigenvalue weighted by Crippen LogP contribution is 2.43. The summed E-state index contributed by atoms with van der Waals surface area (Å²) in [5.41, 5.74) is 4.27. The first-order valence-electron chi connectivity index (χ1n) is 9.97. The van der Waals surface area contributed by atoms with E-state index in [1.54, 1.807) is 6.20 Å². The van der Waals surface area contributed by atoms with Crippen LogP contribution in [0.4, 0.5) is 0 Å². The summed E-state index contributed by atoms with van der Waals surface area (Å²) in [5, 5.41) is 14.1. The molecule has 0 aliphatic carbocycles. The third-order valence-corrected chi connectivity index (χ3v) is 5.38. The lowest BCUT2D eigenvalue weighted by Gasteiger charge is -2.45. The van der Waals surface area contributed by atoms with Crippen LogP contribution < -0.4 is 0 Å². The van der Waals surface area contributed by atoms with E-state index in [2.05, 4.69) is 44.8 Å². The number of nitriles is 1. The fraction of sp³-hybridized carbons (Fsp3) is 0.375. The Bertz CT molecular complexity index is 1030. The predicted octanol–water partition coefficient (Wildman–Crippen LogP) is 5.26. The lowest BCUT2D eigenvalue weighted by molar-refractivity contribution is -0.162. The SMILES string of the molecule is CC1(C)CC(c2cc(-c3ccc(C#N)cc3)n(-c3cccnc3)n2)CC(C)(C)O1. The van der Waals surface area contributed by atoms with Crippen LogP contribution >= 0.6 is 0 Å². The summed E-state index contributed by atoms with van der Waals surface area (Å²) in [6.07, 6.45) is 5.43. The molecular weight excluding hydrogens is 360 g/mol. The predicted molar refractivity (Wildman–Crippen MR) is 113 cm³/mol. The molecule has 1 aromatic carbocycles. The van der Waals surface area contributed by atoms with Crippen molar-refractivity contribution < 1.29 is 4.74 Å². The van der Waals surface area contributed by atoms with Crippen molar-refractivity contribution in [3.63, 3.8) is 0 Å². The molecule has 1 aliphatic rings. The number of nitrogens with zero attached hydrogens (tertiary/aromatic N) is 4. The van der Waals surface area contributed by atoms with E-state index in [1.807, 2.05) is 47.3 Å². The molecular formula is C24H26N4O. The quantitative estimate of drug-likeness (QED) is 0.616. The summed E-state index contributed by atoms with van der Waals surface area (Å²) in [5.74, 6) is 0.309. The molecule has 4 rings (SSSR count). The molecule has 0 N–H and O–H groups in total. The molecule has 1 aliphatic heterocycles. The first-order valence-corrected chi connectivity index (χ1v) is 9.97. The Balaban J connectivity index is 1.80. The van der Waals surface area contributed by atoms with Crippen molar-refractivity contribution in [2.45, 2.75) is 57.7 Å². The van der Waals surface area contributed by atoms with E-state index in [9.17, 15) is 0 Å². The Morgan fingerprint density at radius 3 is 2.34 bits per heavy atom. The standard InChI is InChI=1S/C24H26N4O/c1-23(2)13-19(14-24(3,4)29-23)21-12-22(18-9-7-17(15-25)8-10-18)28(27-21)20-6-5-11-26-16-20/h5-12,16,19H,13-14H2,1-4H3. The van der Waals surface area contributed by atoms with Crippen molar-refractivity contribution in [3.05, 3.63) is 66.1 Å². The zero-order valence-electron chi connectivity index (χ0n) is 17.4. The lowest BCUT2D eigenvalue weighted by atomic mass is 9.79. The Labute approximate surface area is 172 Å². The smallest absolute Gasteiger partial charge is 0.0991 e. The Morgan fingerprint density at radius 1 is 1.07 bits per heavy atom. The van der Waals surface area contributed by atoms with Crippen molar-refractivity contribution in [1.29, 1.82) is 5.26 Å². The van der Waals surface area contributed by atoms with Crippen LogP contribution in [-0.2, 0) is 4.74 Å². The second-order valence-corrected chi connectivity index (χ2v) is 8.99. The molecule has 0 spiro atoms. The van der Waals surface area contributed by atoms with Gasteiger partial charge in [-0.05, 0) is 70.9 Å². The van der Waals surface area contributed by atoms with Gasteiger partial charge in [0, 0.05) is 17.7 Å². The maximum Gasteiger partial charge on any atom is 0.0991 e. The van der Waals surface area contributed by atoms with Crippen molar-refractivity contribution in [2.75, 3.05) is 0 Å². The number of pyridine rings is 1. The van der Waals surface area contributed by atoms with Crippen LogP contribution in [0.3, 0.4) is 0 Å². The fourth-order valence-electron chi connectivity index (χ4n) is 4.50. The van der Waals surface area contributed by atoms with Crippen LogP contribution in [0.15, 0.2) is 54.9 Å². The van der Waals surface area contributed by atoms with Gasteiger partial charge < -0.3 is 4.74 Å². The maximum absolute atomic E-state index is 9.12. The van der Waals surface area contributed by atoms with Gasteiger partial charge in [-0.3, -0.25) is 4.98 Å². The summed E-state index contributed by atoms with van der Waals surface area (Å²) in [6, 6.07) is 15.9. The third kappa shape index (κ3) is 4.08. The van der Waals surface area contributed by atoms with E-state index >= 15 is 0 Å². The molecule has 0 unspecified atom stereocenters. The fourth-order valence-corrected chi connectivity index (χ4v) is 4.50. The summed E-state index contributed by atoms with van der Waals surface area (Å²) in [7, 11) is 0. The summed E-state index contributed by atoms with van der Waals surface area (Å²) in [4.78, 5) is 4.27. The van der Waals surface area contributed by atoms with Crippen molar-refractivity contribution in [3.8, 4) is 23.0 Å². The molecule has 148 valence electrons. The maximum atomic E-state index is 9.12. The lowest BCUT2D eigenvalue weighted by Crippen LogP contribution is -2.44. The molecule has 1 saturated heterocycles. The second-order valence-electron chi connectivity index (χ2n) is 8.99. The highest BCUT2D eigenvalue weighted by molar-refractivity contribution is 5.63. The average Bonchev–Trinajstić information content (AvgIpc) is 3.12. The Hall–Kier alpha value is -2.97. The van der Waals surface area contributed by atoms with Gasteiger partial charge in [-0.15, -0.1) is 0 Å². The highest BCUT2D eigenvalue weighted by atomic mass is 16.5. The third-order valence-electron chi connectivity index (χ3n) is 5.38. The Kier molecular flexibility index (Phi) is 4.76. The Morgan fingerprint density at radius 2 is 1.76 bits per heavy atom. The molecule has 5 heteroatoms. The molecule has 29 heavy (non-hydrogen) atoms. The topological polar surface area (TPSA) is 63.7 Å². The van der Waals surface area contributed by atoms with Gasteiger partial charge in [-0.1, -0.05) is 12.1 Å². The minimum Gasteiger partial charge on any atom is -0.370 e. The first kappa shape index (κ1) is 19.4. The number of benzene rings is 1. The minimum absolute atomic E-state index is 0.195. The molecule has 0 amide bonds. The van der Waals surface area contributed by atoms with Crippen molar-refractivity contribution >= 4 is 0 Å². The molecule has 0 bridgehead atoms. The number of hydrogen-bond donors (Lipinski definition) is 0. The molecule has 3 heterocycles. The molecule has 0 saturated carbocycles. The average molecular weight is 386 g/mol. The highest BCUT2D eigenvalue weighted by Gasteiger charge is 2.40. The van der Waals surface area contributed by atoms with Crippen LogP contribution in [0.25, 0.3) is 16.9 Å². The van der Waals surface area contributed by atoms with Crippen LogP contribution in [0.2, 0.25) is 0 Å². The van der Waals surface area contributed by atoms with E-state index < -0.39 is 0 Å². The molecule has 0 atom stereocenters. The molecule has 5 nitrogen and oxygen atoms in total. The van der Waals surface area contributed by atoms with Crippen LogP contribution in [0.5, 0.6) is 0 Å². The van der Waals surface area contributed by atoms with Gasteiger partial charge in [0.2, 0.25) is 0 Å². The number of rotatable bonds is 3. The zero-order valence-corrected chi connectivity index (χ0v) is 17.4. The summed E-state index contributed by atoms with van der Waals surface area (Å²) < 4.78 is 8.23. The number of hydrogen-bond acceptors (Lipinski definition) is 4. The van der Waals surface area contributed by atoms with E-state index in [-0.39, 0.29) is 11.2 Å². The van der Waals surface area contributed by atoms with Gasteiger partial charge in [-0.2, -0.15) is 10.4 Å². The minimum atomic E-state index is -0.195. The molecule has 1 fully saturated rings. The van der Waals surface area contributed by atoms with Crippen LogP contribution in [0, 0.1) is 11.3 Å². The van der Waals surface area contributed by atoms with E-state index in [4.69, 9.17) is 15.1 Å². The number of aromatic nitrogens is 3. The first-order chi connectivity index (χ1) is 13.8. The van der Waals surface area contributed by atoms with Gasteiger partial charge in [0.1, 0.15) is 0 Å². The molecule has 0 radical (unpaired) electrons. The number of ether oxygens (including phenoxy) is 1. The van der Waals surface area contributed by atoms with Crippen LogP contribution in [0.1, 0.15) is 57.7 Å². The van der Waals surface area contributed by atoms with E-state index in [0.717, 1.165) is 35.5 Å². The normalized spacial score (nSPS) is 18.3. The second kappa shape index (κ2) is 7.13. The van der Waals surface area contributed by atoms with Crippen molar-refractivity contribution in [1.82, 2.24) is 14.8 Å². The van der Waals surface area contributed by atoms with E-state index in [1.165, 1.54) is 0 Å². The summed E-state index contributed by atoms with van der Waals surface area (Å²) in [6.45, 7) is 8.61. The van der Waals surface area contributed by atoms with Gasteiger partial charge in [0.05, 0.1) is 46.1 Å². The van der Waals surface area contributed by atoms with Crippen LogP contribution in [-0.4, -0.2) is 26.0 Å². The largest absolute Gasteiger partial charge is 0.370 e. The summed E-state index contributed by atoms with van der Waals surface area (Å²) >= 11 is 0.